The molecular weight excluding hydrogens is 380 g/mol. The molecule has 0 fully saturated rings. The molecule has 0 N–H and O–H groups in total. The van der Waals surface area contributed by atoms with Gasteiger partial charge in [0, 0.05) is 24.0 Å². The van der Waals surface area contributed by atoms with E-state index in [4.69, 9.17) is 14.6 Å². The fraction of sp³-hybridized carbons (Fsp3) is 0.304. The molecule has 4 heterocycles. The van der Waals surface area contributed by atoms with Gasteiger partial charge in [-0.15, -0.1) is 0 Å². The van der Waals surface area contributed by atoms with E-state index in [0.29, 0.717) is 18.8 Å². The molecule has 0 saturated carbocycles. The zero-order valence-electron chi connectivity index (χ0n) is 17.3. The van der Waals surface area contributed by atoms with Crippen LogP contribution in [0.2, 0.25) is 0 Å². The molecule has 0 spiro atoms. The first-order valence-corrected chi connectivity index (χ1v) is 10.0. The second-order valence-electron chi connectivity index (χ2n) is 8.56. The van der Waals surface area contributed by atoms with E-state index in [0.717, 1.165) is 28.4 Å². The highest BCUT2D eigenvalue weighted by atomic mass is 16.7. The predicted molar refractivity (Wildman–Crippen MR) is 112 cm³/mol. The van der Waals surface area contributed by atoms with Gasteiger partial charge >= 0.3 is 0 Å². The van der Waals surface area contributed by atoms with Crippen molar-refractivity contribution in [1.82, 2.24) is 19.2 Å². The van der Waals surface area contributed by atoms with E-state index in [1.165, 1.54) is 0 Å². The first kappa shape index (κ1) is 18.5. The summed E-state index contributed by atoms with van der Waals surface area (Å²) in [5.41, 5.74) is 2.80. The Balaban J connectivity index is 1.38. The molecule has 0 atom stereocenters. The van der Waals surface area contributed by atoms with Gasteiger partial charge in [-0.05, 0) is 56.7 Å². The second kappa shape index (κ2) is 6.79. The average Bonchev–Trinajstić information content (AvgIpc) is 3.47. The maximum Gasteiger partial charge on any atom is 0.247 e. The van der Waals surface area contributed by atoms with Crippen LogP contribution in [0, 0.1) is 0 Å². The van der Waals surface area contributed by atoms with Crippen molar-refractivity contribution in [2.45, 2.75) is 39.4 Å². The number of hydrogen-bond acceptors (Lipinski definition) is 4. The number of ether oxygens (including phenoxy) is 2. The van der Waals surface area contributed by atoms with E-state index >= 15 is 0 Å². The van der Waals surface area contributed by atoms with E-state index in [2.05, 4.69) is 30.0 Å². The number of carbonyl (C=O) groups excluding carboxylic acids is 1. The van der Waals surface area contributed by atoms with Crippen LogP contribution in [0.5, 0.6) is 11.5 Å². The largest absolute Gasteiger partial charge is 0.454 e. The molecule has 0 saturated heterocycles. The van der Waals surface area contributed by atoms with Crippen molar-refractivity contribution in [3.8, 4) is 17.3 Å². The van der Waals surface area contributed by atoms with Gasteiger partial charge in [-0.2, -0.15) is 5.10 Å². The van der Waals surface area contributed by atoms with Crippen molar-refractivity contribution in [2.75, 3.05) is 6.79 Å². The van der Waals surface area contributed by atoms with Crippen LogP contribution >= 0.6 is 0 Å². The molecule has 2 aliphatic rings. The van der Waals surface area contributed by atoms with Crippen molar-refractivity contribution in [2.24, 2.45) is 0 Å². The minimum Gasteiger partial charge on any atom is -0.454 e. The fourth-order valence-corrected chi connectivity index (χ4v) is 3.86. The van der Waals surface area contributed by atoms with Crippen LogP contribution in [-0.2, 0) is 23.4 Å². The van der Waals surface area contributed by atoms with Gasteiger partial charge in [-0.1, -0.05) is 6.07 Å². The number of aromatic nitrogens is 3. The molecular formula is C23H24N4O3. The summed E-state index contributed by atoms with van der Waals surface area (Å²) in [6.07, 6.45) is 7.45. The molecule has 1 aromatic carbocycles. The number of nitrogens with zero attached hydrogens (tertiary/aromatic N) is 4. The first-order chi connectivity index (χ1) is 14.4. The number of hydrogen-bond donors (Lipinski definition) is 0. The third-order valence-corrected chi connectivity index (χ3v) is 5.34. The molecule has 2 aliphatic heterocycles. The number of rotatable bonds is 3. The number of carbonyl (C=O) groups is 1. The summed E-state index contributed by atoms with van der Waals surface area (Å²) in [6.45, 7) is 7.71. The van der Waals surface area contributed by atoms with Gasteiger partial charge in [0.1, 0.15) is 5.82 Å². The van der Waals surface area contributed by atoms with Crippen LogP contribution in [0.4, 0.5) is 0 Å². The van der Waals surface area contributed by atoms with Gasteiger partial charge in [0.15, 0.2) is 11.5 Å². The highest BCUT2D eigenvalue weighted by molar-refractivity contribution is 5.92. The third-order valence-electron chi connectivity index (χ3n) is 5.34. The molecule has 1 amide bonds. The van der Waals surface area contributed by atoms with Crippen molar-refractivity contribution in [3.05, 3.63) is 65.6 Å². The van der Waals surface area contributed by atoms with Crippen LogP contribution in [0.15, 0.2) is 48.8 Å². The monoisotopic (exact) mass is 404 g/mol. The Morgan fingerprint density at radius 1 is 1.10 bits per heavy atom. The fourth-order valence-electron chi connectivity index (χ4n) is 3.86. The molecule has 7 nitrogen and oxygen atoms in total. The lowest BCUT2D eigenvalue weighted by Crippen LogP contribution is -2.29. The van der Waals surface area contributed by atoms with Crippen LogP contribution in [-0.4, -0.2) is 31.9 Å². The SMILES string of the molecule is CC(C)(C)n1nc2c(c1-n1cccc1)CN(C(=O)/C=C/c1ccc3c(c1)OCO3)C2. The molecule has 2 aromatic heterocycles. The third kappa shape index (κ3) is 3.16. The van der Waals surface area contributed by atoms with Crippen LogP contribution in [0.3, 0.4) is 0 Å². The summed E-state index contributed by atoms with van der Waals surface area (Å²) in [6, 6.07) is 9.64. The predicted octanol–water partition coefficient (Wildman–Crippen LogP) is 3.71. The Morgan fingerprint density at radius 2 is 1.87 bits per heavy atom. The second-order valence-corrected chi connectivity index (χ2v) is 8.56. The van der Waals surface area contributed by atoms with E-state index in [-0.39, 0.29) is 18.2 Å². The van der Waals surface area contributed by atoms with Gasteiger partial charge in [0.05, 0.1) is 24.3 Å². The summed E-state index contributed by atoms with van der Waals surface area (Å²) in [5.74, 6) is 2.43. The van der Waals surface area contributed by atoms with Gasteiger partial charge in [-0.3, -0.25) is 4.79 Å². The molecule has 7 heteroatoms. The number of amides is 1. The first-order valence-electron chi connectivity index (χ1n) is 10.0. The van der Waals surface area contributed by atoms with Gasteiger partial charge in [-0.25, -0.2) is 4.68 Å². The summed E-state index contributed by atoms with van der Waals surface area (Å²) in [4.78, 5) is 14.7. The van der Waals surface area contributed by atoms with Crippen molar-refractivity contribution in [3.63, 3.8) is 0 Å². The Hall–Kier alpha value is -3.48. The maximum absolute atomic E-state index is 12.8. The molecule has 154 valence electrons. The highest BCUT2D eigenvalue weighted by Crippen LogP contribution is 2.34. The van der Waals surface area contributed by atoms with Crippen molar-refractivity contribution < 1.29 is 14.3 Å². The zero-order chi connectivity index (χ0) is 20.9. The Kier molecular flexibility index (Phi) is 4.20. The molecule has 30 heavy (non-hydrogen) atoms. The smallest absolute Gasteiger partial charge is 0.247 e. The maximum atomic E-state index is 12.8. The van der Waals surface area contributed by atoms with Gasteiger partial charge in [0.2, 0.25) is 12.7 Å². The summed E-state index contributed by atoms with van der Waals surface area (Å²) >= 11 is 0. The number of benzene rings is 1. The highest BCUT2D eigenvalue weighted by Gasteiger charge is 2.33. The molecule has 0 bridgehead atoms. The lowest BCUT2D eigenvalue weighted by atomic mass is 10.1. The van der Waals surface area contributed by atoms with Crippen molar-refractivity contribution in [1.29, 1.82) is 0 Å². The minimum absolute atomic E-state index is 0.0357. The topological polar surface area (TPSA) is 61.5 Å². The minimum atomic E-state index is -0.155. The Bertz CT molecular complexity index is 1140. The molecule has 3 aromatic rings. The molecule has 0 aliphatic carbocycles. The Labute approximate surface area is 175 Å². The standard InChI is InChI=1S/C23H24N4O3/c1-23(2,3)27-22(25-10-4-5-11-25)17-13-26(14-18(17)24-27)21(28)9-7-16-6-8-19-20(12-16)30-15-29-19/h4-12H,13-15H2,1-3H3/b9-7+. The summed E-state index contributed by atoms with van der Waals surface area (Å²) in [5, 5.41) is 4.86. The quantitative estimate of drug-likeness (QED) is 0.625. The van der Waals surface area contributed by atoms with Crippen molar-refractivity contribution >= 4 is 12.0 Å². The van der Waals surface area contributed by atoms with Crippen LogP contribution in [0.25, 0.3) is 11.9 Å². The van der Waals surface area contributed by atoms with Gasteiger partial charge < -0.3 is 18.9 Å². The molecule has 0 unspecified atom stereocenters. The van der Waals surface area contributed by atoms with E-state index in [1.54, 1.807) is 6.08 Å². The lowest BCUT2D eigenvalue weighted by molar-refractivity contribution is -0.126. The van der Waals surface area contributed by atoms with E-state index < -0.39 is 0 Å². The average molecular weight is 404 g/mol. The molecule has 0 radical (unpaired) electrons. The Morgan fingerprint density at radius 3 is 2.63 bits per heavy atom. The summed E-state index contributed by atoms with van der Waals surface area (Å²) in [7, 11) is 0. The van der Waals surface area contributed by atoms with Gasteiger partial charge in [0.25, 0.3) is 0 Å². The zero-order valence-corrected chi connectivity index (χ0v) is 17.3. The summed E-state index contributed by atoms with van der Waals surface area (Å²) < 4.78 is 14.9. The molecule has 5 rings (SSSR count). The van der Waals surface area contributed by atoms with Crippen LogP contribution < -0.4 is 9.47 Å². The normalized spacial score (nSPS) is 15.2. The number of fused-ring (bicyclic) bond motifs is 2. The van der Waals surface area contributed by atoms with E-state index in [1.807, 2.05) is 53.7 Å². The van der Waals surface area contributed by atoms with Crippen LogP contribution in [0.1, 0.15) is 37.6 Å². The van der Waals surface area contributed by atoms with E-state index in [9.17, 15) is 4.79 Å². The lowest BCUT2D eigenvalue weighted by Gasteiger charge is -2.24.